The standard InChI is InChI=1S/C17H23FN4S/c1-11-5-6-14(9-15(11)18)13(3)22-17(19-4)20-8-7-16-21-10-12(2)23-16/h5-6,9-10,13H,7-8H2,1-4H3,(H2,19,20,22). The Hall–Kier alpha value is -1.95. The number of hydrogen-bond donors (Lipinski definition) is 2. The second-order valence-corrected chi connectivity index (χ2v) is 6.81. The average Bonchev–Trinajstić information content (AvgIpc) is 2.94. The molecule has 0 radical (unpaired) electrons. The summed E-state index contributed by atoms with van der Waals surface area (Å²) in [4.78, 5) is 9.77. The summed E-state index contributed by atoms with van der Waals surface area (Å²) in [6.07, 6.45) is 2.74. The molecule has 6 heteroatoms. The Labute approximate surface area is 140 Å². The normalized spacial score (nSPS) is 13.0. The molecule has 0 spiro atoms. The first-order valence-corrected chi connectivity index (χ1v) is 8.45. The monoisotopic (exact) mass is 334 g/mol. The Balaban J connectivity index is 1.87. The molecule has 0 saturated heterocycles. The highest BCUT2D eigenvalue weighted by Crippen LogP contribution is 2.16. The number of guanidine groups is 1. The molecule has 2 aromatic rings. The number of halogens is 1. The predicted octanol–water partition coefficient (Wildman–Crippen LogP) is 3.37. The SMILES string of the molecule is CN=C(NCCc1ncc(C)s1)NC(C)c1ccc(C)c(F)c1. The van der Waals surface area contributed by atoms with Gasteiger partial charge in [-0.15, -0.1) is 11.3 Å². The molecule has 0 bridgehead atoms. The minimum Gasteiger partial charge on any atom is -0.356 e. The maximum absolute atomic E-state index is 13.7. The van der Waals surface area contributed by atoms with Gasteiger partial charge in [-0.05, 0) is 38.0 Å². The van der Waals surface area contributed by atoms with Crippen molar-refractivity contribution in [3.63, 3.8) is 0 Å². The van der Waals surface area contributed by atoms with Gasteiger partial charge >= 0.3 is 0 Å². The topological polar surface area (TPSA) is 49.3 Å². The van der Waals surface area contributed by atoms with Crippen LogP contribution in [0.3, 0.4) is 0 Å². The largest absolute Gasteiger partial charge is 0.356 e. The van der Waals surface area contributed by atoms with E-state index in [-0.39, 0.29) is 11.9 Å². The van der Waals surface area contributed by atoms with Gasteiger partial charge in [-0.25, -0.2) is 9.37 Å². The molecule has 0 aliphatic heterocycles. The van der Waals surface area contributed by atoms with Crippen LogP contribution in [0.25, 0.3) is 0 Å². The number of nitrogens with zero attached hydrogens (tertiary/aromatic N) is 2. The van der Waals surface area contributed by atoms with E-state index < -0.39 is 0 Å². The van der Waals surface area contributed by atoms with E-state index in [0.29, 0.717) is 11.5 Å². The lowest BCUT2D eigenvalue weighted by Gasteiger charge is -2.18. The highest BCUT2D eigenvalue weighted by Gasteiger charge is 2.10. The zero-order valence-electron chi connectivity index (χ0n) is 14.0. The number of aliphatic imine (C=N–C) groups is 1. The molecule has 1 aromatic carbocycles. The van der Waals surface area contributed by atoms with Gasteiger partial charge in [-0.2, -0.15) is 0 Å². The van der Waals surface area contributed by atoms with E-state index in [4.69, 9.17) is 0 Å². The molecule has 0 aliphatic rings. The van der Waals surface area contributed by atoms with Crippen molar-refractivity contribution in [1.29, 1.82) is 0 Å². The molecule has 0 aliphatic carbocycles. The Bertz CT molecular complexity index is 681. The summed E-state index contributed by atoms with van der Waals surface area (Å²) in [7, 11) is 1.73. The Morgan fingerprint density at radius 1 is 1.39 bits per heavy atom. The van der Waals surface area contributed by atoms with E-state index in [9.17, 15) is 4.39 Å². The molecule has 1 aromatic heterocycles. The van der Waals surface area contributed by atoms with Crippen LogP contribution in [0.5, 0.6) is 0 Å². The lowest BCUT2D eigenvalue weighted by Crippen LogP contribution is -2.39. The molecule has 23 heavy (non-hydrogen) atoms. The van der Waals surface area contributed by atoms with Gasteiger partial charge in [-0.1, -0.05) is 12.1 Å². The molecule has 1 unspecified atom stereocenters. The van der Waals surface area contributed by atoms with Crippen molar-refractivity contribution in [3.05, 3.63) is 51.2 Å². The van der Waals surface area contributed by atoms with E-state index in [2.05, 4.69) is 27.5 Å². The number of aromatic nitrogens is 1. The second kappa shape index (κ2) is 8.06. The van der Waals surface area contributed by atoms with Crippen LogP contribution in [-0.4, -0.2) is 24.5 Å². The average molecular weight is 334 g/mol. The fraction of sp³-hybridized carbons (Fsp3) is 0.412. The first-order valence-electron chi connectivity index (χ1n) is 7.64. The Morgan fingerprint density at radius 2 is 2.17 bits per heavy atom. The van der Waals surface area contributed by atoms with Crippen molar-refractivity contribution in [2.45, 2.75) is 33.2 Å². The minimum atomic E-state index is -0.182. The van der Waals surface area contributed by atoms with Crippen LogP contribution < -0.4 is 10.6 Å². The molecule has 1 atom stereocenters. The van der Waals surface area contributed by atoms with Crippen molar-refractivity contribution in [2.75, 3.05) is 13.6 Å². The van der Waals surface area contributed by atoms with Crippen LogP contribution in [0.15, 0.2) is 29.4 Å². The van der Waals surface area contributed by atoms with Gasteiger partial charge in [0.25, 0.3) is 0 Å². The van der Waals surface area contributed by atoms with E-state index in [0.717, 1.165) is 23.5 Å². The summed E-state index contributed by atoms with van der Waals surface area (Å²) in [5.41, 5.74) is 1.55. The van der Waals surface area contributed by atoms with Crippen LogP contribution >= 0.6 is 11.3 Å². The molecule has 4 nitrogen and oxygen atoms in total. The number of nitrogens with one attached hydrogen (secondary N) is 2. The van der Waals surface area contributed by atoms with Crippen molar-refractivity contribution >= 4 is 17.3 Å². The minimum absolute atomic E-state index is 0.0293. The molecular formula is C17H23FN4S. The highest BCUT2D eigenvalue weighted by atomic mass is 32.1. The van der Waals surface area contributed by atoms with Gasteiger partial charge in [0, 0.05) is 31.1 Å². The molecule has 0 saturated carbocycles. The fourth-order valence-corrected chi connectivity index (χ4v) is 2.95. The maximum atomic E-state index is 13.7. The summed E-state index contributed by atoms with van der Waals surface area (Å²) in [6.45, 7) is 6.55. The van der Waals surface area contributed by atoms with E-state index in [1.54, 1.807) is 37.4 Å². The predicted molar refractivity (Wildman–Crippen MR) is 94.6 cm³/mol. The number of aryl methyl sites for hydroxylation is 2. The third-order valence-electron chi connectivity index (χ3n) is 3.57. The number of rotatable bonds is 5. The Morgan fingerprint density at radius 3 is 2.78 bits per heavy atom. The quantitative estimate of drug-likeness (QED) is 0.651. The van der Waals surface area contributed by atoms with Gasteiger partial charge in [0.2, 0.25) is 0 Å². The van der Waals surface area contributed by atoms with Crippen LogP contribution in [-0.2, 0) is 6.42 Å². The zero-order chi connectivity index (χ0) is 16.8. The van der Waals surface area contributed by atoms with E-state index in [1.165, 1.54) is 4.88 Å². The summed E-state index contributed by atoms with van der Waals surface area (Å²) in [5.74, 6) is 0.519. The zero-order valence-corrected chi connectivity index (χ0v) is 14.8. The third-order valence-corrected chi connectivity index (χ3v) is 4.55. The Kier molecular flexibility index (Phi) is 6.10. The van der Waals surface area contributed by atoms with E-state index in [1.807, 2.05) is 19.2 Å². The van der Waals surface area contributed by atoms with Crippen molar-refractivity contribution in [2.24, 2.45) is 4.99 Å². The number of hydrogen-bond acceptors (Lipinski definition) is 3. The van der Waals surface area contributed by atoms with Gasteiger partial charge in [0.15, 0.2) is 5.96 Å². The second-order valence-electron chi connectivity index (χ2n) is 5.49. The third kappa shape index (κ3) is 5.03. The highest BCUT2D eigenvalue weighted by molar-refractivity contribution is 7.11. The van der Waals surface area contributed by atoms with Gasteiger partial charge in [0.05, 0.1) is 11.0 Å². The van der Waals surface area contributed by atoms with Crippen LogP contribution in [0.2, 0.25) is 0 Å². The van der Waals surface area contributed by atoms with Crippen LogP contribution in [0.4, 0.5) is 4.39 Å². The smallest absolute Gasteiger partial charge is 0.191 e. The van der Waals surface area contributed by atoms with Crippen molar-refractivity contribution in [1.82, 2.24) is 15.6 Å². The summed E-state index contributed by atoms with van der Waals surface area (Å²) >= 11 is 1.71. The number of benzene rings is 1. The first kappa shape index (κ1) is 17.4. The molecule has 2 rings (SSSR count). The first-order chi connectivity index (χ1) is 11.0. The fourth-order valence-electron chi connectivity index (χ4n) is 2.17. The van der Waals surface area contributed by atoms with Crippen LogP contribution in [0, 0.1) is 19.7 Å². The van der Waals surface area contributed by atoms with Crippen molar-refractivity contribution in [3.8, 4) is 0 Å². The number of thiazole rings is 1. The molecule has 0 fully saturated rings. The summed E-state index contributed by atoms with van der Waals surface area (Å²) in [6, 6.07) is 5.27. The van der Waals surface area contributed by atoms with Crippen molar-refractivity contribution < 1.29 is 4.39 Å². The maximum Gasteiger partial charge on any atom is 0.191 e. The van der Waals surface area contributed by atoms with Gasteiger partial charge in [-0.3, -0.25) is 4.99 Å². The molecule has 124 valence electrons. The summed E-state index contributed by atoms with van der Waals surface area (Å²) in [5, 5.41) is 7.65. The molecule has 1 heterocycles. The summed E-state index contributed by atoms with van der Waals surface area (Å²) < 4.78 is 13.7. The lowest BCUT2D eigenvalue weighted by atomic mass is 10.1. The van der Waals surface area contributed by atoms with Crippen LogP contribution in [0.1, 0.15) is 34.0 Å². The molecule has 2 N–H and O–H groups in total. The molecular weight excluding hydrogens is 311 g/mol. The van der Waals surface area contributed by atoms with Gasteiger partial charge < -0.3 is 10.6 Å². The lowest BCUT2D eigenvalue weighted by molar-refractivity contribution is 0.607. The van der Waals surface area contributed by atoms with Gasteiger partial charge in [0.1, 0.15) is 5.82 Å². The van der Waals surface area contributed by atoms with E-state index >= 15 is 0 Å². The molecule has 0 amide bonds.